The molecule has 1 aromatic carbocycles. The third-order valence-corrected chi connectivity index (χ3v) is 6.66. The summed E-state index contributed by atoms with van der Waals surface area (Å²) in [5.74, 6) is 1.03. The number of guanidine groups is 1. The topological polar surface area (TPSA) is 60.3 Å². The molecule has 0 aliphatic carbocycles. The lowest BCUT2D eigenvalue weighted by Crippen LogP contribution is -2.41. The fourth-order valence-electron chi connectivity index (χ4n) is 4.77. The molecule has 1 spiro atoms. The Bertz CT molecular complexity index is 683. The van der Waals surface area contributed by atoms with Gasteiger partial charge in [-0.25, -0.2) is 4.99 Å². The summed E-state index contributed by atoms with van der Waals surface area (Å²) in [7, 11) is 0. The molecule has 0 bridgehead atoms. The highest BCUT2D eigenvalue weighted by molar-refractivity contribution is 14.0. The monoisotopic (exact) mass is 528 g/mol. The van der Waals surface area contributed by atoms with E-state index in [9.17, 15) is 5.11 Å². The third-order valence-electron chi connectivity index (χ3n) is 6.66. The Morgan fingerprint density at radius 2 is 1.90 bits per heavy atom. The van der Waals surface area contributed by atoms with Crippen LogP contribution in [0.4, 0.5) is 0 Å². The summed E-state index contributed by atoms with van der Waals surface area (Å²) in [5, 5.41) is 13.1. The van der Waals surface area contributed by atoms with Crippen LogP contribution >= 0.6 is 24.0 Å². The first-order valence-corrected chi connectivity index (χ1v) is 11.2. The number of aliphatic hydroxyl groups is 1. The van der Waals surface area contributed by atoms with Crippen molar-refractivity contribution < 1.29 is 9.84 Å². The molecule has 1 atom stereocenters. The van der Waals surface area contributed by atoms with Gasteiger partial charge >= 0.3 is 0 Å². The maximum absolute atomic E-state index is 9.66. The number of hydrogen-bond donors (Lipinski definition) is 2. The van der Waals surface area contributed by atoms with Gasteiger partial charge in [0.2, 0.25) is 0 Å². The van der Waals surface area contributed by atoms with Crippen LogP contribution < -0.4 is 5.32 Å². The molecule has 1 unspecified atom stereocenters. The predicted octanol–water partition coefficient (Wildman–Crippen LogP) is 2.84. The van der Waals surface area contributed by atoms with E-state index in [0.29, 0.717) is 12.0 Å². The van der Waals surface area contributed by atoms with Crippen molar-refractivity contribution in [2.24, 2.45) is 10.4 Å². The fraction of sp³-hybridized carbons (Fsp3) is 0.696. The van der Waals surface area contributed by atoms with Gasteiger partial charge in [0.15, 0.2) is 5.96 Å². The van der Waals surface area contributed by atoms with Crippen LogP contribution in [0.3, 0.4) is 0 Å². The highest BCUT2D eigenvalue weighted by Crippen LogP contribution is 2.38. The lowest BCUT2D eigenvalue weighted by molar-refractivity contribution is 0.0792. The van der Waals surface area contributed by atoms with Crippen LogP contribution in [-0.4, -0.2) is 72.9 Å². The lowest BCUT2D eigenvalue weighted by Gasteiger charge is -2.29. The number of benzene rings is 1. The van der Waals surface area contributed by atoms with Gasteiger partial charge in [0.05, 0.1) is 19.3 Å². The number of nitrogens with one attached hydrogen (secondary N) is 1. The van der Waals surface area contributed by atoms with Crippen LogP contribution in [0.2, 0.25) is 0 Å². The summed E-state index contributed by atoms with van der Waals surface area (Å²) in [5.41, 5.74) is 2.93. The molecule has 2 N–H and O–H groups in total. The van der Waals surface area contributed by atoms with E-state index in [1.165, 1.54) is 24.0 Å². The van der Waals surface area contributed by atoms with Gasteiger partial charge in [-0.05, 0) is 43.7 Å². The first-order chi connectivity index (χ1) is 14.2. The molecule has 0 radical (unpaired) electrons. The van der Waals surface area contributed by atoms with Crippen molar-refractivity contribution in [3.05, 3.63) is 35.4 Å². The molecule has 3 heterocycles. The smallest absolute Gasteiger partial charge is 0.194 e. The van der Waals surface area contributed by atoms with E-state index in [0.717, 1.165) is 71.3 Å². The molecule has 0 saturated carbocycles. The second kappa shape index (κ2) is 11.1. The Morgan fingerprint density at radius 1 is 1.17 bits per heavy atom. The number of likely N-dealkylation sites (tertiary alicyclic amines) is 2. The van der Waals surface area contributed by atoms with Gasteiger partial charge in [-0.15, -0.1) is 24.0 Å². The number of piperidine rings is 1. The third kappa shape index (κ3) is 6.08. The summed E-state index contributed by atoms with van der Waals surface area (Å²) in [6.45, 7) is 10.6. The molecule has 30 heavy (non-hydrogen) atoms. The van der Waals surface area contributed by atoms with Crippen LogP contribution in [-0.2, 0) is 17.8 Å². The second-order valence-corrected chi connectivity index (χ2v) is 8.97. The minimum Gasteiger partial charge on any atom is -0.393 e. The highest BCUT2D eigenvalue weighted by Gasteiger charge is 2.42. The van der Waals surface area contributed by atoms with Gasteiger partial charge < -0.3 is 20.1 Å². The largest absolute Gasteiger partial charge is 0.393 e. The minimum atomic E-state index is -0.107. The highest BCUT2D eigenvalue weighted by atomic mass is 127. The lowest BCUT2D eigenvalue weighted by atomic mass is 9.87. The molecule has 6 nitrogen and oxygen atoms in total. The van der Waals surface area contributed by atoms with Gasteiger partial charge in [0.1, 0.15) is 0 Å². The molecular weight excluding hydrogens is 491 g/mol. The van der Waals surface area contributed by atoms with E-state index in [1.54, 1.807) is 0 Å². The van der Waals surface area contributed by atoms with Crippen molar-refractivity contribution >= 4 is 29.9 Å². The van der Waals surface area contributed by atoms with E-state index < -0.39 is 0 Å². The number of halogens is 1. The van der Waals surface area contributed by atoms with E-state index in [-0.39, 0.29) is 30.1 Å². The molecule has 0 amide bonds. The summed E-state index contributed by atoms with van der Waals surface area (Å²) in [6, 6.07) is 8.86. The molecule has 3 aliphatic heterocycles. The zero-order valence-corrected chi connectivity index (χ0v) is 20.5. The van der Waals surface area contributed by atoms with Crippen LogP contribution in [0.25, 0.3) is 0 Å². The van der Waals surface area contributed by atoms with Crippen molar-refractivity contribution in [2.45, 2.75) is 51.8 Å². The Morgan fingerprint density at radius 3 is 2.57 bits per heavy atom. The maximum Gasteiger partial charge on any atom is 0.194 e. The van der Waals surface area contributed by atoms with Gasteiger partial charge in [0.25, 0.3) is 0 Å². The van der Waals surface area contributed by atoms with Crippen LogP contribution in [0.5, 0.6) is 0 Å². The van der Waals surface area contributed by atoms with E-state index in [4.69, 9.17) is 9.73 Å². The Hall–Kier alpha value is -0.900. The molecule has 3 fully saturated rings. The molecule has 7 heteroatoms. The molecule has 4 rings (SSSR count). The zero-order chi connectivity index (χ0) is 20.1. The molecule has 168 valence electrons. The number of rotatable bonds is 5. The summed E-state index contributed by atoms with van der Waals surface area (Å²) in [4.78, 5) is 9.77. The first kappa shape index (κ1) is 23.8. The Labute approximate surface area is 198 Å². The number of aliphatic hydroxyl groups excluding tert-OH is 1. The number of hydrogen-bond acceptors (Lipinski definition) is 4. The second-order valence-electron chi connectivity index (χ2n) is 8.97. The molecule has 3 saturated heterocycles. The van der Waals surface area contributed by atoms with Gasteiger partial charge in [0, 0.05) is 51.3 Å². The average molecular weight is 528 g/mol. The predicted molar refractivity (Wildman–Crippen MR) is 131 cm³/mol. The zero-order valence-electron chi connectivity index (χ0n) is 18.2. The van der Waals surface area contributed by atoms with Crippen molar-refractivity contribution in [1.29, 1.82) is 0 Å². The Balaban J connectivity index is 0.00000256. The SMILES string of the molecule is CCNC(=NCc1ccc(CN2CCC(O)CC2)cc1)N1CCC2(CCOC2)C1.I. The van der Waals surface area contributed by atoms with E-state index in [1.807, 2.05) is 0 Å². The average Bonchev–Trinajstić information content (AvgIpc) is 3.38. The quantitative estimate of drug-likeness (QED) is 0.350. The van der Waals surface area contributed by atoms with Crippen LogP contribution in [0, 0.1) is 5.41 Å². The number of nitrogens with zero attached hydrogens (tertiary/aromatic N) is 3. The molecule has 3 aliphatic rings. The minimum absolute atomic E-state index is 0. The van der Waals surface area contributed by atoms with Crippen LogP contribution in [0.15, 0.2) is 29.3 Å². The van der Waals surface area contributed by atoms with E-state index >= 15 is 0 Å². The number of ether oxygens (including phenoxy) is 1. The van der Waals surface area contributed by atoms with Gasteiger partial charge in [-0.3, -0.25) is 4.90 Å². The molecular formula is C23H37IN4O2. The maximum atomic E-state index is 9.66. The molecule has 0 aromatic heterocycles. The molecule has 1 aromatic rings. The van der Waals surface area contributed by atoms with Gasteiger partial charge in [-0.1, -0.05) is 24.3 Å². The summed E-state index contributed by atoms with van der Waals surface area (Å²) >= 11 is 0. The van der Waals surface area contributed by atoms with Crippen LogP contribution in [0.1, 0.15) is 43.7 Å². The Kier molecular flexibility index (Phi) is 8.80. The first-order valence-electron chi connectivity index (χ1n) is 11.2. The number of aliphatic imine (C=N–C) groups is 1. The van der Waals surface area contributed by atoms with Crippen molar-refractivity contribution in [2.75, 3.05) is 45.9 Å². The standard InChI is InChI=1S/C23H36N4O2.HI/c1-2-24-22(27-13-9-23(17-27)10-14-29-18-23)25-15-19-3-5-20(6-4-19)16-26-11-7-21(28)8-12-26;/h3-6,21,28H,2,7-18H2,1H3,(H,24,25);1H. The summed E-state index contributed by atoms with van der Waals surface area (Å²) in [6.07, 6.45) is 4.07. The normalized spacial score (nSPS) is 25.7. The van der Waals surface area contributed by atoms with Crippen molar-refractivity contribution in [3.63, 3.8) is 0 Å². The van der Waals surface area contributed by atoms with E-state index in [2.05, 4.69) is 46.3 Å². The van der Waals surface area contributed by atoms with Crippen molar-refractivity contribution in [3.8, 4) is 0 Å². The summed E-state index contributed by atoms with van der Waals surface area (Å²) < 4.78 is 5.67. The fourth-order valence-corrected chi connectivity index (χ4v) is 4.77. The van der Waals surface area contributed by atoms with Crippen molar-refractivity contribution in [1.82, 2.24) is 15.1 Å². The van der Waals surface area contributed by atoms with Gasteiger partial charge in [-0.2, -0.15) is 0 Å².